The summed E-state index contributed by atoms with van der Waals surface area (Å²) in [6, 6.07) is 7.32. The van der Waals surface area contributed by atoms with Crippen molar-refractivity contribution in [2.75, 3.05) is 11.9 Å². The van der Waals surface area contributed by atoms with Gasteiger partial charge in [0.05, 0.1) is 17.1 Å². The molecule has 17 heavy (non-hydrogen) atoms. The van der Waals surface area contributed by atoms with E-state index in [0.29, 0.717) is 28.9 Å². The van der Waals surface area contributed by atoms with Gasteiger partial charge in [-0.2, -0.15) is 5.26 Å². The lowest BCUT2D eigenvalue weighted by Crippen LogP contribution is -2.29. The van der Waals surface area contributed by atoms with Gasteiger partial charge >= 0.3 is 0 Å². The predicted molar refractivity (Wildman–Crippen MR) is 65.8 cm³/mol. The minimum absolute atomic E-state index is 0.108. The van der Waals surface area contributed by atoms with Gasteiger partial charge in [-0.3, -0.25) is 4.79 Å². The molecule has 0 heterocycles. The summed E-state index contributed by atoms with van der Waals surface area (Å²) in [6.45, 7) is 0.301. The summed E-state index contributed by atoms with van der Waals surface area (Å²) < 4.78 is 0. The highest BCUT2D eigenvalue weighted by atomic mass is 35.5. The predicted octanol–water partition coefficient (Wildman–Crippen LogP) is 1.90. The number of nitrogens with one attached hydrogen (secondary N) is 2. The van der Waals surface area contributed by atoms with Crippen molar-refractivity contribution < 1.29 is 4.79 Å². The molecule has 4 nitrogen and oxygen atoms in total. The molecule has 0 unspecified atom stereocenters. The van der Waals surface area contributed by atoms with E-state index in [1.165, 1.54) is 0 Å². The molecule has 2 rings (SSSR count). The second-order valence-corrected chi connectivity index (χ2v) is 4.42. The maximum Gasteiger partial charge on any atom is 0.238 e. The first-order valence-electron chi connectivity index (χ1n) is 5.42. The Morgan fingerprint density at radius 3 is 2.94 bits per heavy atom. The second kappa shape index (κ2) is 5.17. The van der Waals surface area contributed by atoms with Gasteiger partial charge in [-0.1, -0.05) is 11.6 Å². The SMILES string of the molecule is N#Cc1cc(NC(=O)CNC2CC2)ccc1Cl. The van der Waals surface area contributed by atoms with Crippen LogP contribution in [0.5, 0.6) is 0 Å². The molecule has 1 fully saturated rings. The molecule has 1 aliphatic carbocycles. The molecule has 1 amide bonds. The van der Waals surface area contributed by atoms with Crippen molar-refractivity contribution in [3.05, 3.63) is 28.8 Å². The molecule has 2 N–H and O–H groups in total. The quantitative estimate of drug-likeness (QED) is 0.857. The van der Waals surface area contributed by atoms with Crippen LogP contribution in [0.3, 0.4) is 0 Å². The van der Waals surface area contributed by atoms with Gasteiger partial charge in [0.2, 0.25) is 5.91 Å². The second-order valence-electron chi connectivity index (χ2n) is 4.01. The highest BCUT2D eigenvalue weighted by Crippen LogP contribution is 2.20. The Hall–Kier alpha value is -1.57. The lowest BCUT2D eigenvalue weighted by Gasteiger charge is -2.06. The van der Waals surface area contributed by atoms with E-state index in [1.54, 1.807) is 18.2 Å². The zero-order valence-electron chi connectivity index (χ0n) is 9.16. The molecule has 1 saturated carbocycles. The summed E-state index contributed by atoms with van der Waals surface area (Å²) in [5.41, 5.74) is 0.952. The fourth-order valence-electron chi connectivity index (χ4n) is 1.42. The van der Waals surface area contributed by atoms with E-state index >= 15 is 0 Å². The number of amides is 1. The zero-order valence-corrected chi connectivity index (χ0v) is 9.92. The smallest absolute Gasteiger partial charge is 0.238 e. The van der Waals surface area contributed by atoms with E-state index in [0.717, 1.165) is 12.8 Å². The first-order chi connectivity index (χ1) is 8.19. The molecule has 1 aliphatic rings. The van der Waals surface area contributed by atoms with Crippen molar-refractivity contribution in [1.82, 2.24) is 5.32 Å². The molecule has 0 aliphatic heterocycles. The minimum Gasteiger partial charge on any atom is -0.325 e. The van der Waals surface area contributed by atoms with Crippen molar-refractivity contribution in [3.63, 3.8) is 0 Å². The molecule has 5 heteroatoms. The summed E-state index contributed by atoms with van der Waals surface area (Å²) >= 11 is 5.80. The Kier molecular flexibility index (Phi) is 3.62. The fourth-order valence-corrected chi connectivity index (χ4v) is 1.58. The van der Waals surface area contributed by atoms with Gasteiger partial charge in [0.1, 0.15) is 6.07 Å². The van der Waals surface area contributed by atoms with Crippen LogP contribution in [0.1, 0.15) is 18.4 Å². The molecular formula is C12H12ClN3O. The van der Waals surface area contributed by atoms with Crippen molar-refractivity contribution in [3.8, 4) is 6.07 Å². The van der Waals surface area contributed by atoms with Crippen molar-refractivity contribution >= 4 is 23.2 Å². The van der Waals surface area contributed by atoms with Crippen LogP contribution in [-0.4, -0.2) is 18.5 Å². The molecular weight excluding hydrogens is 238 g/mol. The van der Waals surface area contributed by atoms with E-state index in [2.05, 4.69) is 10.6 Å². The molecule has 0 bridgehead atoms. The Morgan fingerprint density at radius 2 is 2.29 bits per heavy atom. The van der Waals surface area contributed by atoms with Crippen LogP contribution in [0.15, 0.2) is 18.2 Å². The standard InChI is InChI=1S/C12H12ClN3O/c13-11-4-3-10(5-8(11)6-14)16-12(17)7-15-9-1-2-9/h3-5,9,15H,1-2,7H2,(H,16,17). The number of hydrogen-bond acceptors (Lipinski definition) is 3. The van der Waals surface area contributed by atoms with Crippen molar-refractivity contribution in [2.24, 2.45) is 0 Å². The van der Waals surface area contributed by atoms with E-state index in [-0.39, 0.29) is 5.91 Å². The topological polar surface area (TPSA) is 64.9 Å². The van der Waals surface area contributed by atoms with Crippen LogP contribution in [0.2, 0.25) is 5.02 Å². The van der Waals surface area contributed by atoms with E-state index in [9.17, 15) is 4.79 Å². The molecule has 1 aromatic rings. The van der Waals surface area contributed by atoms with Crippen molar-refractivity contribution in [1.29, 1.82) is 5.26 Å². The number of hydrogen-bond donors (Lipinski definition) is 2. The van der Waals surface area contributed by atoms with Crippen LogP contribution >= 0.6 is 11.6 Å². The van der Waals surface area contributed by atoms with Gasteiger partial charge in [-0.05, 0) is 31.0 Å². The molecule has 0 aromatic heterocycles. The summed E-state index contributed by atoms with van der Waals surface area (Å²) in [6.07, 6.45) is 2.29. The summed E-state index contributed by atoms with van der Waals surface area (Å²) in [5, 5.41) is 15.0. The number of carbonyl (C=O) groups excluding carboxylic acids is 1. The van der Waals surface area contributed by atoms with E-state index in [4.69, 9.17) is 16.9 Å². The highest BCUT2D eigenvalue weighted by Gasteiger charge is 2.21. The van der Waals surface area contributed by atoms with Gasteiger partial charge in [-0.15, -0.1) is 0 Å². The van der Waals surface area contributed by atoms with Crippen LogP contribution in [-0.2, 0) is 4.79 Å². The van der Waals surface area contributed by atoms with Crippen LogP contribution < -0.4 is 10.6 Å². The van der Waals surface area contributed by atoms with E-state index in [1.807, 2.05) is 6.07 Å². The monoisotopic (exact) mass is 249 g/mol. The lowest BCUT2D eigenvalue weighted by atomic mass is 10.2. The number of halogens is 1. The maximum atomic E-state index is 11.5. The Morgan fingerprint density at radius 1 is 1.53 bits per heavy atom. The third kappa shape index (κ3) is 3.45. The molecule has 1 aromatic carbocycles. The number of nitriles is 1. The highest BCUT2D eigenvalue weighted by molar-refractivity contribution is 6.31. The number of rotatable bonds is 4. The largest absolute Gasteiger partial charge is 0.325 e. The Balaban J connectivity index is 1.93. The molecule has 0 spiro atoms. The number of anilines is 1. The third-order valence-electron chi connectivity index (χ3n) is 2.50. The van der Waals surface area contributed by atoms with Gasteiger partial charge in [-0.25, -0.2) is 0 Å². The zero-order chi connectivity index (χ0) is 12.3. The number of nitrogens with zero attached hydrogens (tertiary/aromatic N) is 1. The van der Waals surface area contributed by atoms with Crippen molar-refractivity contribution in [2.45, 2.75) is 18.9 Å². The normalized spacial score (nSPS) is 14.1. The van der Waals surface area contributed by atoms with Gasteiger partial charge in [0.15, 0.2) is 0 Å². The van der Waals surface area contributed by atoms with Gasteiger partial charge in [0.25, 0.3) is 0 Å². The van der Waals surface area contributed by atoms with Gasteiger partial charge in [0, 0.05) is 11.7 Å². The van der Waals surface area contributed by atoms with Crippen LogP contribution in [0.25, 0.3) is 0 Å². The van der Waals surface area contributed by atoms with Gasteiger partial charge < -0.3 is 10.6 Å². The third-order valence-corrected chi connectivity index (χ3v) is 2.83. The Labute approximate surface area is 105 Å². The summed E-state index contributed by atoms with van der Waals surface area (Å²) in [4.78, 5) is 11.5. The molecule has 0 saturated heterocycles. The lowest BCUT2D eigenvalue weighted by molar-refractivity contribution is -0.115. The maximum absolute atomic E-state index is 11.5. The summed E-state index contributed by atoms with van der Waals surface area (Å²) in [5.74, 6) is -0.108. The minimum atomic E-state index is -0.108. The Bertz CT molecular complexity index is 477. The average molecular weight is 250 g/mol. The first kappa shape index (κ1) is 11.9. The number of benzene rings is 1. The fraction of sp³-hybridized carbons (Fsp3) is 0.333. The first-order valence-corrected chi connectivity index (χ1v) is 5.79. The van der Waals surface area contributed by atoms with E-state index < -0.39 is 0 Å². The van der Waals surface area contributed by atoms with Crippen LogP contribution in [0.4, 0.5) is 5.69 Å². The molecule has 0 atom stereocenters. The number of carbonyl (C=O) groups is 1. The summed E-state index contributed by atoms with van der Waals surface area (Å²) in [7, 11) is 0. The molecule has 88 valence electrons. The average Bonchev–Trinajstić information content (AvgIpc) is 3.13. The molecule has 0 radical (unpaired) electrons. The van der Waals surface area contributed by atoms with Crippen LogP contribution in [0, 0.1) is 11.3 Å².